The van der Waals surface area contributed by atoms with Crippen LogP contribution in [0.2, 0.25) is 0 Å². The van der Waals surface area contributed by atoms with Gasteiger partial charge in [-0.05, 0) is 19.4 Å². The van der Waals surface area contributed by atoms with Crippen LogP contribution in [0.4, 0.5) is 0 Å². The Labute approximate surface area is 88.2 Å². The summed E-state index contributed by atoms with van der Waals surface area (Å²) in [6.45, 7) is 9.61. The van der Waals surface area contributed by atoms with Crippen LogP contribution in [0.25, 0.3) is 0 Å². The molecule has 86 valence electrons. The van der Waals surface area contributed by atoms with Crippen LogP contribution < -0.4 is 5.32 Å². The van der Waals surface area contributed by atoms with E-state index in [2.05, 4.69) is 26.1 Å². The molecule has 0 aliphatic rings. The van der Waals surface area contributed by atoms with E-state index in [1.165, 1.54) is 0 Å². The van der Waals surface area contributed by atoms with E-state index in [4.69, 9.17) is 9.47 Å². The highest BCUT2D eigenvalue weighted by molar-refractivity contribution is 4.64. The zero-order chi connectivity index (χ0) is 10.8. The lowest BCUT2D eigenvalue weighted by Crippen LogP contribution is -2.32. The molecule has 3 nitrogen and oxygen atoms in total. The SMILES string of the molecule is CCCOCCOC(CNC)C(C)C. The maximum atomic E-state index is 5.70. The van der Waals surface area contributed by atoms with E-state index in [1.807, 2.05) is 7.05 Å². The molecule has 0 aromatic rings. The van der Waals surface area contributed by atoms with Crippen molar-refractivity contribution in [2.75, 3.05) is 33.4 Å². The van der Waals surface area contributed by atoms with Crippen molar-refractivity contribution in [3.8, 4) is 0 Å². The van der Waals surface area contributed by atoms with E-state index in [1.54, 1.807) is 0 Å². The summed E-state index contributed by atoms with van der Waals surface area (Å²) in [7, 11) is 1.95. The highest BCUT2D eigenvalue weighted by Gasteiger charge is 2.11. The minimum Gasteiger partial charge on any atom is -0.379 e. The molecule has 1 unspecified atom stereocenters. The number of hydrogen-bond acceptors (Lipinski definition) is 3. The van der Waals surface area contributed by atoms with Gasteiger partial charge in [-0.3, -0.25) is 0 Å². The van der Waals surface area contributed by atoms with Crippen LogP contribution in [-0.2, 0) is 9.47 Å². The fourth-order valence-corrected chi connectivity index (χ4v) is 1.19. The number of ether oxygens (including phenoxy) is 2. The molecular formula is C11H25NO2. The Bertz CT molecular complexity index is 118. The second-order valence-corrected chi connectivity index (χ2v) is 3.82. The molecule has 0 heterocycles. The highest BCUT2D eigenvalue weighted by atomic mass is 16.5. The quantitative estimate of drug-likeness (QED) is 0.578. The molecule has 0 saturated carbocycles. The van der Waals surface area contributed by atoms with Gasteiger partial charge in [0.1, 0.15) is 0 Å². The monoisotopic (exact) mass is 203 g/mol. The predicted octanol–water partition coefficient (Wildman–Crippen LogP) is 1.67. The van der Waals surface area contributed by atoms with Gasteiger partial charge in [0.05, 0.1) is 19.3 Å². The molecule has 0 rings (SSSR count). The summed E-state index contributed by atoms with van der Waals surface area (Å²) >= 11 is 0. The molecule has 0 aromatic carbocycles. The van der Waals surface area contributed by atoms with E-state index in [9.17, 15) is 0 Å². The zero-order valence-electron chi connectivity index (χ0n) is 10.0. The van der Waals surface area contributed by atoms with Crippen LogP contribution in [0.3, 0.4) is 0 Å². The van der Waals surface area contributed by atoms with Crippen molar-refractivity contribution in [2.24, 2.45) is 5.92 Å². The van der Waals surface area contributed by atoms with Crippen molar-refractivity contribution < 1.29 is 9.47 Å². The summed E-state index contributed by atoms with van der Waals surface area (Å²) in [5, 5.41) is 3.14. The fraction of sp³-hybridized carbons (Fsp3) is 1.00. The highest BCUT2D eigenvalue weighted by Crippen LogP contribution is 2.05. The second-order valence-electron chi connectivity index (χ2n) is 3.82. The fourth-order valence-electron chi connectivity index (χ4n) is 1.19. The van der Waals surface area contributed by atoms with Crippen LogP contribution >= 0.6 is 0 Å². The van der Waals surface area contributed by atoms with E-state index >= 15 is 0 Å². The van der Waals surface area contributed by atoms with Crippen molar-refractivity contribution in [1.82, 2.24) is 5.32 Å². The maximum Gasteiger partial charge on any atom is 0.0723 e. The van der Waals surface area contributed by atoms with Gasteiger partial charge in [0, 0.05) is 13.2 Å². The average Bonchev–Trinajstić information content (AvgIpc) is 2.15. The number of nitrogens with one attached hydrogen (secondary N) is 1. The van der Waals surface area contributed by atoms with Gasteiger partial charge in [-0.1, -0.05) is 20.8 Å². The lowest BCUT2D eigenvalue weighted by atomic mass is 10.1. The molecule has 0 aromatic heterocycles. The van der Waals surface area contributed by atoms with E-state index in [-0.39, 0.29) is 0 Å². The van der Waals surface area contributed by atoms with Crippen LogP contribution in [-0.4, -0.2) is 39.5 Å². The van der Waals surface area contributed by atoms with Crippen molar-refractivity contribution in [3.63, 3.8) is 0 Å². The average molecular weight is 203 g/mol. The molecule has 0 spiro atoms. The molecule has 0 aliphatic heterocycles. The van der Waals surface area contributed by atoms with E-state index < -0.39 is 0 Å². The van der Waals surface area contributed by atoms with Crippen LogP contribution in [0, 0.1) is 5.92 Å². The topological polar surface area (TPSA) is 30.5 Å². The largest absolute Gasteiger partial charge is 0.379 e. The van der Waals surface area contributed by atoms with Gasteiger partial charge in [-0.15, -0.1) is 0 Å². The second kappa shape index (κ2) is 9.44. The van der Waals surface area contributed by atoms with Gasteiger partial charge < -0.3 is 14.8 Å². The molecule has 0 aliphatic carbocycles. The number of likely N-dealkylation sites (N-methyl/N-ethyl adjacent to an activating group) is 1. The molecule has 0 radical (unpaired) electrons. The third-order valence-corrected chi connectivity index (χ3v) is 2.06. The molecular weight excluding hydrogens is 178 g/mol. The van der Waals surface area contributed by atoms with Gasteiger partial charge in [-0.2, -0.15) is 0 Å². The predicted molar refractivity (Wildman–Crippen MR) is 59.6 cm³/mol. The number of hydrogen-bond donors (Lipinski definition) is 1. The summed E-state index contributed by atoms with van der Waals surface area (Å²) in [6.07, 6.45) is 1.37. The summed E-state index contributed by atoms with van der Waals surface area (Å²) in [5.74, 6) is 0.550. The Kier molecular flexibility index (Phi) is 9.35. The zero-order valence-corrected chi connectivity index (χ0v) is 10.0. The molecule has 0 saturated heterocycles. The van der Waals surface area contributed by atoms with Gasteiger partial charge in [0.15, 0.2) is 0 Å². The van der Waals surface area contributed by atoms with Crippen molar-refractivity contribution >= 4 is 0 Å². The number of rotatable bonds is 9. The smallest absolute Gasteiger partial charge is 0.0723 e. The summed E-state index contributed by atoms with van der Waals surface area (Å²) in [4.78, 5) is 0. The van der Waals surface area contributed by atoms with Gasteiger partial charge in [0.25, 0.3) is 0 Å². The lowest BCUT2D eigenvalue weighted by Gasteiger charge is -2.21. The normalized spacial score (nSPS) is 13.5. The van der Waals surface area contributed by atoms with Gasteiger partial charge in [-0.25, -0.2) is 0 Å². The standard InChI is InChI=1S/C11H25NO2/c1-5-6-13-7-8-14-11(9-12-4)10(2)3/h10-12H,5-9H2,1-4H3. The molecule has 0 bridgehead atoms. The molecule has 14 heavy (non-hydrogen) atoms. The van der Waals surface area contributed by atoms with Gasteiger partial charge >= 0.3 is 0 Å². The Morgan fingerprint density at radius 1 is 1.14 bits per heavy atom. The maximum absolute atomic E-state index is 5.70. The van der Waals surface area contributed by atoms with E-state index in [0.717, 1.165) is 19.6 Å². The van der Waals surface area contributed by atoms with E-state index in [0.29, 0.717) is 25.2 Å². The Hall–Kier alpha value is -0.120. The first-order chi connectivity index (χ1) is 6.72. The van der Waals surface area contributed by atoms with Crippen molar-refractivity contribution in [3.05, 3.63) is 0 Å². The third-order valence-electron chi connectivity index (χ3n) is 2.06. The van der Waals surface area contributed by atoms with Crippen LogP contribution in [0.5, 0.6) is 0 Å². The molecule has 0 amide bonds. The van der Waals surface area contributed by atoms with Crippen molar-refractivity contribution in [1.29, 1.82) is 0 Å². The molecule has 3 heteroatoms. The first-order valence-electron chi connectivity index (χ1n) is 5.56. The molecule has 0 fully saturated rings. The van der Waals surface area contributed by atoms with Crippen LogP contribution in [0.15, 0.2) is 0 Å². The Balaban J connectivity index is 3.41. The first kappa shape index (κ1) is 13.9. The molecule has 1 atom stereocenters. The first-order valence-corrected chi connectivity index (χ1v) is 5.56. The lowest BCUT2D eigenvalue weighted by molar-refractivity contribution is -0.0131. The Morgan fingerprint density at radius 3 is 2.36 bits per heavy atom. The minimum absolute atomic E-state index is 0.297. The van der Waals surface area contributed by atoms with Crippen LogP contribution in [0.1, 0.15) is 27.2 Å². The third kappa shape index (κ3) is 7.30. The summed E-state index contributed by atoms with van der Waals surface area (Å²) in [5.41, 5.74) is 0. The summed E-state index contributed by atoms with van der Waals surface area (Å²) < 4.78 is 11.0. The van der Waals surface area contributed by atoms with Gasteiger partial charge in [0.2, 0.25) is 0 Å². The molecule has 1 N–H and O–H groups in total. The Morgan fingerprint density at radius 2 is 1.86 bits per heavy atom. The summed E-state index contributed by atoms with van der Waals surface area (Å²) in [6, 6.07) is 0. The minimum atomic E-state index is 0.297. The van der Waals surface area contributed by atoms with Crippen molar-refractivity contribution in [2.45, 2.75) is 33.3 Å².